The number of hydrogen-bond acceptors (Lipinski definition) is 3. The molecule has 14 heavy (non-hydrogen) atoms. The molecule has 1 heterocycles. The molecule has 0 aromatic carbocycles. The van der Waals surface area contributed by atoms with Crippen molar-refractivity contribution in [3.05, 3.63) is 16.3 Å². The van der Waals surface area contributed by atoms with E-state index >= 15 is 0 Å². The highest BCUT2D eigenvalue weighted by Gasteiger charge is 2.15. The predicted molar refractivity (Wildman–Crippen MR) is 54.7 cm³/mol. The van der Waals surface area contributed by atoms with Gasteiger partial charge in [0.05, 0.1) is 5.69 Å². The molecule has 1 rings (SSSR count). The smallest absolute Gasteiger partial charge is 0.348 e. The van der Waals surface area contributed by atoms with E-state index in [1.807, 2.05) is 0 Å². The highest BCUT2D eigenvalue weighted by Crippen LogP contribution is 2.22. The van der Waals surface area contributed by atoms with Gasteiger partial charge < -0.3 is 10.4 Å². The number of amides is 1. The molecule has 76 valence electrons. The standard InChI is InChI=1S/C9H11NO3S/c1-5(2)8(11)10-6-3-4-14-7(6)9(12)13/h3-5H,1-2H3,(H,10,11)(H,12,13). The van der Waals surface area contributed by atoms with Crippen LogP contribution >= 0.6 is 11.3 Å². The second-order valence-corrected chi connectivity index (χ2v) is 4.03. The number of carboxylic acids is 1. The number of nitrogens with one attached hydrogen (secondary N) is 1. The Kier molecular flexibility index (Phi) is 3.24. The van der Waals surface area contributed by atoms with E-state index in [1.54, 1.807) is 25.3 Å². The van der Waals surface area contributed by atoms with Gasteiger partial charge in [0.15, 0.2) is 0 Å². The quantitative estimate of drug-likeness (QED) is 0.807. The van der Waals surface area contributed by atoms with Crippen LogP contribution in [0.2, 0.25) is 0 Å². The number of hydrogen-bond donors (Lipinski definition) is 2. The van der Waals surface area contributed by atoms with Gasteiger partial charge >= 0.3 is 5.97 Å². The molecule has 2 N–H and O–H groups in total. The Labute approximate surface area is 85.6 Å². The van der Waals surface area contributed by atoms with Crippen LogP contribution < -0.4 is 5.32 Å². The number of carbonyl (C=O) groups is 2. The Morgan fingerprint density at radius 3 is 2.64 bits per heavy atom. The number of anilines is 1. The molecular formula is C9H11NO3S. The van der Waals surface area contributed by atoms with Crippen molar-refractivity contribution in [2.45, 2.75) is 13.8 Å². The Morgan fingerprint density at radius 2 is 2.14 bits per heavy atom. The van der Waals surface area contributed by atoms with E-state index in [2.05, 4.69) is 5.32 Å². The van der Waals surface area contributed by atoms with Gasteiger partial charge in [-0.3, -0.25) is 4.79 Å². The van der Waals surface area contributed by atoms with Crippen LogP contribution in [0.1, 0.15) is 23.5 Å². The van der Waals surface area contributed by atoms with E-state index < -0.39 is 5.97 Å². The van der Waals surface area contributed by atoms with Gasteiger partial charge in [-0.05, 0) is 11.4 Å². The SMILES string of the molecule is CC(C)C(=O)Nc1ccsc1C(=O)O. The number of aromatic carboxylic acids is 1. The zero-order valence-corrected chi connectivity index (χ0v) is 8.72. The molecule has 0 aliphatic carbocycles. The summed E-state index contributed by atoms with van der Waals surface area (Å²) in [6, 6.07) is 1.59. The summed E-state index contributed by atoms with van der Waals surface area (Å²) >= 11 is 1.10. The molecule has 4 nitrogen and oxygen atoms in total. The van der Waals surface area contributed by atoms with Crippen LogP contribution in [0.5, 0.6) is 0 Å². The molecule has 0 radical (unpaired) electrons. The molecule has 5 heteroatoms. The zero-order chi connectivity index (χ0) is 10.7. The minimum absolute atomic E-state index is 0.156. The van der Waals surface area contributed by atoms with E-state index in [1.165, 1.54) is 0 Å². The van der Waals surface area contributed by atoms with Gasteiger partial charge in [0.2, 0.25) is 5.91 Å². The van der Waals surface area contributed by atoms with Gasteiger partial charge in [0.25, 0.3) is 0 Å². The van der Waals surface area contributed by atoms with Crippen LogP contribution in [-0.4, -0.2) is 17.0 Å². The van der Waals surface area contributed by atoms with Crippen molar-refractivity contribution in [2.24, 2.45) is 5.92 Å². The Hall–Kier alpha value is -1.36. The predicted octanol–water partition coefficient (Wildman–Crippen LogP) is 2.04. The molecule has 0 saturated heterocycles. The summed E-state index contributed by atoms with van der Waals surface area (Å²) < 4.78 is 0. The van der Waals surface area contributed by atoms with Crippen molar-refractivity contribution in [3.63, 3.8) is 0 Å². The zero-order valence-electron chi connectivity index (χ0n) is 7.90. The number of carboxylic acid groups (broad SMARTS) is 1. The fourth-order valence-corrected chi connectivity index (χ4v) is 1.54. The van der Waals surface area contributed by atoms with Crippen molar-refractivity contribution in [1.29, 1.82) is 0 Å². The molecule has 0 fully saturated rings. The number of thiophene rings is 1. The summed E-state index contributed by atoms with van der Waals surface area (Å²) in [6.07, 6.45) is 0. The Morgan fingerprint density at radius 1 is 1.50 bits per heavy atom. The van der Waals surface area contributed by atoms with Gasteiger partial charge in [-0.2, -0.15) is 0 Å². The lowest BCUT2D eigenvalue weighted by Crippen LogP contribution is -2.18. The lowest BCUT2D eigenvalue weighted by atomic mass is 10.2. The van der Waals surface area contributed by atoms with Crippen LogP contribution in [0.25, 0.3) is 0 Å². The van der Waals surface area contributed by atoms with Gasteiger partial charge in [-0.15, -0.1) is 11.3 Å². The first-order valence-electron chi connectivity index (χ1n) is 4.14. The average molecular weight is 213 g/mol. The summed E-state index contributed by atoms with van der Waals surface area (Å²) in [5.41, 5.74) is 0.376. The average Bonchev–Trinajstić information content (AvgIpc) is 2.52. The minimum Gasteiger partial charge on any atom is -0.477 e. The van der Waals surface area contributed by atoms with Crippen molar-refractivity contribution in [1.82, 2.24) is 0 Å². The van der Waals surface area contributed by atoms with E-state index in [9.17, 15) is 9.59 Å². The molecule has 0 atom stereocenters. The second kappa shape index (κ2) is 4.23. The Bertz CT molecular complexity index is 357. The molecule has 1 aromatic heterocycles. The van der Waals surface area contributed by atoms with Crippen LogP contribution in [0, 0.1) is 5.92 Å². The van der Waals surface area contributed by atoms with Crippen LogP contribution in [0.15, 0.2) is 11.4 Å². The lowest BCUT2D eigenvalue weighted by Gasteiger charge is -2.06. The van der Waals surface area contributed by atoms with E-state index in [4.69, 9.17) is 5.11 Å². The molecule has 1 aromatic rings. The number of carbonyl (C=O) groups excluding carboxylic acids is 1. The van der Waals surface area contributed by atoms with E-state index in [-0.39, 0.29) is 16.7 Å². The van der Waals surface area contributed by atoms with E-state index in [0.717, 1.165) is 11.3 Å². The molecule has 0 aliphatic rings. The third-order valence-corrected chi connectivity index (χ3v) is 2.54. The largest absolute Gasteiger partial charge is 0.477 e. The maximum absolute atomic E-state index is 11.3. The van der Waals surface area contributed by atoms with E-state index in [0.29, 0.717) is 5.69 Å². The van der Waals surface area contributed by atoms with Crippen molar-refractivity contribution in [2.75, 3.05) is 5.32 Å². The highest BCUT2D eigenvalue weighted by atomic mass is 32.1. The molecule has 0 saturated carbocycles. The van der Waals surface area contributed by atoms with Gasteiger partial charge in [0.1, 0.15) is 4.88 Å². The summed E-state index contributed by atoms with van der Waals surface area (Å²) in [5, 5.41) is 13.0. The van der Waals surface area contributed by atoms with Gasteiger partial charge in [0, 0.05) is 5.92 Å². The first kappa shape index (κ1) is 10.7. The summed E-state index contributed by atoms with van der Waals surface area (Å²) in [6.45, 7) is 3.50. The topological polar surface area (TPSA) is 66.4 Å². The normalized spacial score (nSPS) is 10.2. The molecule has 1 amide bonds. The third-order valence-electron chi connectivity index (χ3n) is 1.64. The Balaban J connectivity index is 2.82. The van der Waals surface area contributed by atoms with Gasteiger partial charge in [-0.25, -0.2) is 4.79 Å². The molecule has 0 unspecified atom stereocenters. The fourth-order valence-electron chi connectivity index (χ4n) is 0.850. The monoisotopic (exact) mass is 213 g/mol. The second-order valence-electron chi connectivity index (χ2n) is 3.11. The van der Waals surface area contributed by atoms with Gasteiger partial charge in [-0.1, -0.05) is 13.8 Å². The minimum atomic E-state index is -1.01. The summed E-state index contributed by atoms with van der Waals surface area (Å²) in [4.78, 5) is 22.1. The molecule has 0 bridgehead atoms. The van der Waals surface area contributed by atoms with Crippen molar-refractivity contribution < 1.29 is 14.7 Å². The maximum atomic E-state index is 11.3. The van der Waals surface area contributed by atoms with Crippen molar-refractivity contribution in [3.8, 4) is 0 Å². The molecule has 0 aliphatic heterocycles. The molecule has 0 spiro atoms. The first-order valence-corrected chi connectivity index (χ1v) is 5.02. The summed E-state index contributed by atoms with van der Waals surface area (Å²) in [5.74, 6) is -1.35. The third kappa shape index (κ3) is 2.32. The fraction of sp³-hybridized carbons (Fsp3) is 0.333. The lowest BCUT2D eigenvalue weighted by molar-refractivity contribution is -0.118. The van der Waals surface area contributed by atoms with Crippen LogP contribution in [-0.2, 0) is 4.79 Å². The first-order chi connectivity index (χ1) is 6.52. The highest BCUT2D eigenvalue weighted by molar-refractivity contribution is 7.12. The van der Waals surface area contributed by atoms with Crippen LogP contribution in [0.4, 0.5) is 5.69 Å². The number of rotatable bonds is 3. The maximum Gasteiger partial charge on any atom is 0.348 e. The summed E-state index contributed by atoms with van der Waals surface area (Å²) in [7, 11) is 0. The van der Waals surface area contributed by atoms with Crippen molar-refractivity contribution >= 4 is 28.9 Å². The molecular weight excluding hydrogens is 202 g/mol. The van der Waals surface area contributed by atoms with Crippen LogP contribution in [0.3, 0.4) is 0 Å².